The first kappa shape index (κ1) is 25.0. The highest BCUT2D eigenvalue weighted by atomic mass is 19.3. The van der Waals surface area contributed by atoms with E-state index >= 15 is 0 Å². The van der Waals surface area contributed by atoms with E-state index in [2.05, 4.69) is 44.5 Å². The number of hydrogen-bond donors (Lipinski definition) is 2. The van der Waals surface area contributed by atoms with Crippen LogP contribution >= 0.6 is 0 Å². The lowest BCUT2D eigenvalue weighted by molar-refractivity contribution is -0.0495. The van der Waals surface area contributed by atoms with Gasteiger partial charge in [0.1, 0.15) is 5.69 Å². The first-order valence-corrected chi connectivity index (χ1v) is 12.3. The number of alkyl halides is 2. The Morgan fingerprint density at radius 1 is 1.30 bits per heavy atom. The van der Waals surface area contributed by atoms with Gasteiger partial charge in [-0.25, -0.2) is 27.7 Å². The normalized spacial score (nSPS) is 20.6. The molecule has 2 fully saturated rings. The number of halogens is 2. The second-order valence-electron chi connectivity index (χ2n) is 10.9. The number of urea groups is 1. The van der Waals surface area contributed by atoms with Gasteiger partial charge in [-0.05, 0) is 47.9 Å². The Balaban J connectivity index is 1.41. The van der Waals surface area contributed by atoms with Crippen molar-refractivity contribution >= 4 is 17.6 Å². The summed E-state index contributed by atoms with van der Waals surface area (Å²) in [6.07, 6.45) is 3.34. The average molecular weight is 517 g/mol. The first-order chi connectivity index (χ1) is 17.5. The molecule has 3 aromatic heterocycles. The van der Waals surface area contributed by atoms with Crippen LogP contribution in [0.15, 0.2) is 23.1 Å². The molecule has 2 aliphatic rings. The first-order valence-electron chi connectivity index (χ1n) is 12.3. The van der Waals surface area contributed by atoms with Crippen LogP contribution in [0.1, 0.15) is 73.0 Å². The van der Waals surface area contributed by atoms with Crippen molar-refractivity contribution in [3.05, 3.63) is 41.1 Å². The molecule has 1 atom stereocenters. The molecule has 0 spiro atoms. The molecule has 3 amide bonds. The third-order valence-electron chi connectivity index (χ3n) is 7.10. The Kier molecular flexibility index (Phi) is 6.32. The van der Waals surface area contributed by atoms with E-state index in [1.54, 1.807) is 28.7 Å². The largest absolute Gasteiger partial charge is 0.342 e. The van der Waals surface area contributed by atoms with Gasteiger partial charge in [-0.15, -0.1) is 0 Å². The zero-order chi connectivity index (χ0) is 26.4. The minimum atomic E-state index is -2.71. The molecule has 1 aliphatic carbocycles. The minimum absolute atomic E-state index is 0.0399. The third-order valence-corrected chi connectivity index (χ3v) is 7.10. The van der Waals surface area contributed by atoms with Crippen LogP contribution in [-0.2, 0) is 6.54 Å². The van der Waals surface area contributed by atoms with Crippen LogP contribution in [0.3, 0.4) is 0 Å². The summed E-state index contributed by atoms with van der Waals surface area (Å²) in [5.41, 5.74) is 2.17. The molecule has 4 heterocycles. The molecular formula is C24H30F2N8O3. The number of rotatable bonds is 6. The summed E-state index contributed by atoms with van der Waals surface area (Å²) in [6, 6.07) is 1.08. The van der Waals surface area contributed by atoms with Crippen LogP contribution in [0.4, 0.5) is 13.6 Å². The lowest BCUT2D eigenvalue weighted by atomic mass is 9.81. The van der Waals surface area contributed by atoms with E-state index in [0.29, 0.717) is 36.7 Å². The van der Waals surface area contributed by atoms with Crippen molar-refractivity contribution < 1.29 is 23.0 Å². The number of nitrogens with zero attached hydrogens (tertiary/aromatic N) is 6. The Morgan fingerprint density at radius 2 is 2.05 bits per heavy atom. The number of aryl methyl sites for hydroxylation is 1. The number of amides is 3. The summed E-state index contributed by atoms with van der Waals surface area (Å²) >= 11 is 0. The number of nitrogens with one attached hydrogen (secondary N) is 2. The van der Waals surface area contributed by atoms with Gasteiger partial charge in [0.2, 0.25) is 5.92 Å². The molecule has 1 saturated heterocycles. The number of fused-ring (bicyclic) bond motifs is 1. The van der Waals surface area contributed by atoms with Crippen LogP contribution in [0, 0.1) is 18.3 Å². The number of hydrogen-bond acceptors (Lipinski definition) is 7. The van der Waals surface area contributed by atoms with Crippen LogP contribution in [0.2, 0.25) is 0 Å². The van der Waals surface area contributed by atoms with Crippen molar-refractivity contribution in [2.24, 2.45) is 11.3 Å². The Bertz CT molecular complexity index is 1310. The van der Waals surface area contributed by atoms with E-state index in [0.717, 1.165) is 5.56 Å². The van der Waals surface area contributed by atoms with Gasteiger partial charge in [-0.1, -0.05) is 19.0 Å². The van der Waals surface area contributed by atoms with Gasteiger partial charge in [-0.3, -0.25) is 4.79 Å². The molecular weight excluding hydrogens is 486 g/mol. The molecule has 13 heteroatoms. The summed E-state index contributed by atoms with van der Waals surface area (Å²) < 4.78 is 34.0. The highest BCUT2D eigenvalue weighted by molar-refractivity contribution is 5.93. The predicted octanol–water partition coefficient (Wildman–Crippen LogP) is 3.27. The molecule has 37 heavy (non-hydrogen) atoms. The van der Waals surface area contributed by atoms with Crippen molar-refractivity contribution in [1.29, 1.82) is 0 Å². The minimum Gasteiger partial charge on any atom is -0.342 e. The fourth-order valence-corrected chi connectivity index (χ4v) is 5.07. The van der Waals surface area contributed by atoms with E-state index in [1.165, 1.54) is 0 Å². The van der Waals surface area contributed by atoms with E-state index in [-0.39, 0.29) is 48.7 Å². The van der Waals surface area contributed by atoms with E-state index in [1.807, 2.05) is 6.07 Å². The summed E-state index contributed by atoms with van der Waals surface area (Å²) in [6.45, 7) is 7.38. The van der Waals surface area contributed by atoms with Crippen molar-refractivity contribution in [1.82, 2.24) is 40.4 Å². The van der Waals surface area contributed by atoms with E-state index < -0.39 is 17.9 Å². The molecule has 1 unspecified atom stereocenters. The van der Waals surface area contributed by atoms with Gasteiger partial charge in [0.15, 0.2) is 11.3 Å². The Morgan fingerprint density at radius 3 is 2.76 bits per heavy atom. The number of imidazole rings is 1. The third kappa shape index (κ3) is 5.39. The highest BCUT2D eigenvalue weighted by Crippen LogP contribution is 2.41. The maximum atomic E-state index is 13.9. The number of carbonyl (C=O) groups is 2. The summed E-state index contributed by atoms with van der Waals surface area (Å²) in [5.74, 6) is -3.46. The maximum Gasteiger partial charge on any atom is 0.317 e. The molecule has 0 radical (unpaired) electrons. The number of aromatic nitrogens is 5. The van der Waals surface area contributed by atoms with Crippen molar-refractivity contribution in [3.63, 3.8) is 0 Å². The standard InChI is InChI=1S/C24H30F2N8O3/c1-14-19(32-37-31-14)21(35)30-20(16-4-6-24(25,26)7-5-16)17-11-34-18(29-17)8-15(9-28-34)10-33-13-23(2,3)12-27-22(33)36/h8-9,11,16,20H,4-7,10,12-13H2,1-3H3,(H,27,36)(H,30,35). The zero-order valence-electron chi connectivity index (χ0n) is 21.0. The maximum absolute atomic E-state index is 13.9. The van der Waals surface area contributed by atoms with Gasteiger partial charge < -0.3 is 15.5 Å². The smallest absolute Gasteiger partial charge is 0.317 e. The van der Waals surface area contributed by atoms with E-state index in [9.17, 15) is 18.4 Å². The molecule has 0 aromatic carbocycles. The molecule has 1 saturated carbocycles. The molecule has 3 aromatic rings. The van der Waals surface area contributed by atoms with Crippen molar-refractivity contribution in [3.8, 4) is 0 Å². The predicted molar refractivity (Wildman–Crippen MR) is 127 cm³/mol. The molecule has 5 rings (SSSR count). The van der Waals surface area contributed by atoms with Crippen molar-refractivity contribution in [2.45, 2.75) is 65.0 Å². The van der Waals surface area contributed by atoms with Gasteiger partial charge >= 0.3 is 6.03 Å². The second-order valence-corrected chi connectivity index (χ2v) is 10.9. The second kappa shape index (κ2) is 9.34. The summed E-state index contributed by atoms with van der Waals surface area (Å²) in [5, 5.41) is 17.6. The molecule has 11 nitrogen and oxygen atoms in total. The van der Waals surface area contributed by atoms with Crippen molar-refractivity contribution in [2.75, 3.05) is 13.1 Å². The average Bonchev–Trinajstić information content (AvgIpc) is 3.45. The van der Waals surface area contributed by atoms with Crippen LogP contribution in [-0.4, -0.2) is 60.8 Å². The molecule has 2 N–H and O–H groups in total. The van der Waals surface area contributed by atoms with Crippen LogP contribution in [0.5, 0.6) is 0 Å². The monoisotopic (exact) mass is 516 g/mol. The lowest BCUT2D eigenvalue weighted by Gasteiger charge is -2.38. The molecule has 198 valence electrons. The Hall–Kier alpha value is -3.64. The van der Waals surface area contributed by atoms with Crippen LogP contribution < -0.4 is 10.6 Å². The quantitative estimate of drug-likeness (QED) is 0.514. The van der Waals surface area contributed by atoms with Gasteiger partial charge in [0, 0.05) is 32.5 Å². The Labute approximate surface area is 211 Å². The highest BCUT2D eigenvalue weighted by Gasteiger charge is 2.40. The van der Waals surface area contributed by atoms with E-state index in [4.69, 9.17) is 4.98 Å². The fraction of sp³-hybridized carbons (Fsp3) is 0.583. The van der Waals surface area contributed by atoms with Crippen LogP contribution in [0.25, 0.3) is 5.65 Å². The summed E-state index contributed by atoms with van der Waals surface area (Å²) in [4.78, 5) is 31.7. The lowest BCUT2D eigenvalue weighted by Crippen LogP contribution is -2.54. The number of carbonyl (C=O) groups excluding carboxylic acids is 2. The fourth-order valence-electron chi connectivity index (χ4n) is 5.07. The SMILES string of the molecule is Cc1nonc1C(=O)NC(c1cn2ncc(CN3CC(C)(C)CNC3=O)cc2n1)C1CCC(F)(F)CC1. The molecule has 0 bridgehead atoms. The molecule has 1 aliphatic heterocycles. The summed E-state index contributed by atoms with van der Waals surface area (Å²) in [7, 11) is 0. The van der Waals surface area contributed by atoms with Gasteiger partial charge in [0.25, 0.3) is 5.91 Å². The van der Waals surface area contributed by atoms with Gasteiger partial charge in [-0.2, -0.15) is 5.10 Å². The van der Waals surface area contributed by atoms with Gasteiger partial charge in [0.05, 0.1) is 24.1 Å². The zero-order valence-corrected chi connectivity index (χ0v) is 21.0. The topological polar surface area (TPSA) is 131 Å².